The fourth-order valence-corrected chi connectivity index (χ4v) is 12.0. The number of aliphatic hydroxyl groups excluding tert-OH is 1. The summed E-state index contributed by atoms with van der Waals surface area (Å²) in [7, 11) is 1.82. The topological polar surface area (TPSA) is 286 Å². The smallest absolute Gasteiger partial charge is 0.409 e. The first-order chi connectivity index (χ1) is 32.5. The van der Waals surface area contributed by atoms with Gasteiger partial charge in [0.05, 0.1) is 25.3 Å². The predicted octanol–water partition coefficient (Wildman–Crippen LogP) is 4.05. The molecule has 3 fully saturated rings. The van der Waals surface area contributed by atoms with Crippen molar-refractivity contribution >= 4 is 90.7 Å². The largest absolute Gasteiger partial charge is 0.495 e. The van der Waals surface area contributed by atoms with Crippen LogP contribution >= 0.6 is 33.2 Å². The number of allylic oxidation sites excluding steroid dienone is 3. The van der Waals surface area contributed by atoms with Gasteiger partial charge in [0.25, 0.3) is 21.9 Å². The molecule has 4 N–H and O–H groups in total. The van der Waals surface area contributed by atoms with E-state index in [2.05, 4.69) is 5.32 Å². The Morgan fingerprint density at radius 2 is 1.77 bits per heavy atom. The van der Waals surface area contributed by atoms with Crippen LogP contribution in [-0.2, 0) is 64.4 Å². The van der Waals surface area contributed by atoms with Crippen LogP contribution in [0, 0.1) is 5.92 Å². The van der Waals surface area contributed by atoms with Gasteiger partial charge in [0, 0.05) is 56.2 Å². The highest BCUT2D eigenvalue weighted by molar-refractivity contribution is 8.77. The Morgan fingerprint density at radius 1 is 1.11 bits per heavy atom. The van der Waals surface area contributed by atoms with Gasteiger partial charge in [-0.05, 0) is 71.6 Å². The zero-order chi connectivity index (χ0) is 52.3. The number of aliphatic hydroxyl groups is 2. The summed E-state index contributed by atoms with van der Waals surface area (Å²) in [6.45, 7) is 10.3. The number of hydrogen-bond acceptors (Lipinski definition) is 18. The summed E-state index contributed by atoms with van der Waals surface area (Å²) in [6, 6.07) is 2.26. The molecule has 4 aliphatic rings. The van der Waals surface area contributed by atoms with E-state index < -0.39 is 122 Å². The minimum Gasteiger partial charge on any atom is -0.495 e. The monoisotopic (exact) mass is 1060 g/mol. The quantitative estimate of drug-likeness (QED) is 0.0481. The van der Waals surface area contributed by atoms with Gasteiger partial charge in [-0.2, -0.15) is 8.42 Å². The Morgan fingerprint density at radius 3 is 2.40 bits per heavy atom. The molecule has 4 aliphatic heterocycles. The van der Waals surface area contributed by atoms with Gasteiger partial charge < -0.3 is 43.8 Å². The van der Waals surface area contributed by atoms with E-state index in [4.69, 9.17) is 35.4 Å². The van der Waals surface area contributed by atoms with E-state index in [-0.39, 0.29) is 47.9 Å². The molecule has 0 aliphatic carbocycles. The van der Waals surface area contributed by atoms with Crippen molar-refractivity contribution in [2.24, 2.45) is 5.92 Å². The first-order valence-electron chi connectivity index (χ1n) is 22.4. The van der Waals surface area contributed by atoms with Crippen molar-refractivity contribution in [2.45, 2.75) is 145 Å². The summed E-state index contributed by atoms with van der Waals surface area (Å²) in [5.41, 5.74) is -1.65. The second-order valence-corrected chi connectivity index (χ2v) is 23.7. The number of epoxide rings is 1. The number of halogens is 1. The van der Waals surface area contributed by atoms with Crippen molar-refractivity contribution < 1.29 is 80.5 Å². The molecule has 5 rings (SSSR count). The van der Waals surface area contributed by atoms with Crippen molar-refractivity contribution in [1.29, 1.82) is 0 Å². The first kappa shape index (κ1) is 56.5. The van der Waals surface area contributed by atoms with E-state index in [0.29, 0.717) is 23.4 Å². The molecule has 3 saturated heterocycles. The highest BCUT2D eigenvalue weighted by Crippen LogP contribution is 2.49. The molecule has 0 saturated carbocycles. The number of nitrogens with zero attached hydrogens (tertiary/aromatic N) is 3. The van der Waals surface area contributed by atoms with Gasteiger partial charge in [-0.1, -0.05) is 63.9 Å². The Bertz CT molecular complexity index is 2390. The highest BCUT2D eigenvalue weighted by atomic mass is 35.5. The lowest BCUT2D eigenvalue weighted by Gasteiger charge is -2.41. The molecular weight excluding hydrogens is 1000 g/mol. The zero-order valence-corrected chi connectivity index (χ0v) is 43.5. The third-order valence-electron chi connectivity index (χ3n) is 12.8. The molecule has 6 unspecified atom stereocenters. The lowest BCUT2D eigenvalue weighted by atomic mass is 9.83. The van der Waals surface area contributed by atoms with Crippen LogP contribution in [0.3, 0.4) is 0 Å². The summed E-state index contributed by atoms with van der Waals surface area (Å²) < 4.78 is 56.6. The van der Waals surface area contributed by atoms with Crippen LogP contribution in [-0.4, -0.2) is 154 Å². The van der Waals surface area contributed by atoms with Gasteiger partial charge in [-0.3, -0.25) is 29.0 Å². The van der Waals surface area contributed by atoms with Crippen LogP contribution in [0.1, 0.15) is 92.1 Å². The Labute approximate surface area is 419 Å². The van der Waals surface area contributed by atoms with Crippen LogP contribution in [0.5, 0.6) is 5.75 Å². The van der Waals surface area contributed by atoms with Crippen LogP contribution in [0.2, 0.25) is 5.02 Å². The number of fused-ring (bicyclic) bond motifs is 5. The summed E-state index contributed by atoms with van der Waals surface area (Å²) in [4.78, 5) is 98.3. The van der Waals surface area contributed by atoms with Crippen molar-refractivity contribution in [3.05, 3.63) is 46.5 Å². The molecule has 21 nitrogen and oxygen atoms in total. The maximum atomic E-state index is 14.3. The van der Waals surface area contributed by atoms with E-state index in [1.165, 1.54) is 54.8 Å². The Kier molecular flexibility index (Phi) is 18.2. The van der Waals surface area contributed by atoms with E-state index in [1.807, 2.05) is 20.8 Å². The number of anilines is 1. The average molecular weight is 1060 g/mol. The number of carbonyl (C=O) groups excluding carboxylic acids is 7. The molecule has 4 bridgehead atoms. The Hall–Kier alpha value is -4.43. The van der Waals surface area contributed by atoms with Crippen molar-refractivity contribution in [3.63, 3.8) is 0 Å². The molecule has 1 aromatic rings. The van der Waals surface area contributed by atoms with Crippen LogP contribution in [0.4, 0.5) is 10.5 Å². The zero-order valence-electron chi connectivity index (χ0n) is 40.3. The molecule has 9 atom stereocenters. The maximum Gasteiger partial charge on any atom is 0.409 e. The summed E-state index contributed by atoms with van der Waals surface area (Å²) >= 11 is 6.77. The van der Waals surface area contributed by atoms with Gasteiger partial charge in [0.15, 0.2) is 11.0 Å². The van der Waals surface area contributed by atoms with E-state index in [0.717, 1.165) is 16.4 Å². The molecule has 5 amide bonds. The third-order valence-corrected chi connectivity index (χ3v) is 17.7. The molecule has 4 heterocycles. The molecule has 0 radical (unpaired) electrons. The number of ether oxygens (including phenoxy) is 4. The number of carbonyl (C=O) groups is 7. The van der Waals surface area contributed by atoms with Crippen LogP contribution in [0.25, 0.3) is 0 Å². The lowest BCUT2D eigenvalue weighted by molar-refractivity contribution is -0.197. The number of hydroxylamine groups is 2. The number of nitrogens with one attached hydrogen (secondary N) is 1. The second kappa shape index (κ2) is 22.6. The predicted molar refractivity (Wildman–Crippen MR) is 257 cm³/mol. The summed E-state index contributed by atoms with van der Waals surface area (Å²) in [5.74, 6) is -5.31. The minimum absolute atomic E-state index is 0.00482. The van der Waals surface area contributed by atoms with Gasteiger partial charge in [0.2, 0.25) is 11.8 Å². The number of esters is 1. The number of alkyl carbamates (subject to hydrolysis) is 1. The fourth-order valence-electron chi connectivity index (χ4n) is 8.13. The minimum atomic E-state index is -4.97. The molecule has 25 heteroatoms. The third kappa shape index (κ3) is 13.5. The maximum absolute atomic E-state index is 14.3. The SMILES string of the molecule is COc1cc2cc(c1Cl)N(C)C(=O)CC(OC(=O)[C@H](C)N(C)C(=O)CCC(C)(C)SSCCC(C(=O)ON1C(=O)CCC1=O)S(=O)(=O)O)[C@@]1(C)O[C@@H]1C(C)C1CC(O)(NC(=O)O1)C(O)/C=C/C=C(\C)C2. The molecule has 70 heavy (non-hydrogen) atoms. The first-order valence-corrected chi connectivity index (χ1v) is 26.6. The van der Waals surface area contributed by atoms with Crippen LogP contribution < -0.4 is 15.0 Å². The number of imide groups is 1. The number of benzene rings is 1. The molecular formula is C45H61ClN4O17S3. The summed E-state index contributed by atoms with van der Waals surface area (Å²) in [6.07, 6.45) is -1.94. The number of hydrogen-bond donors (Lipinski definition) is 4. The number of methoxy groups -OCH3 is 1. The highest BCUT2D eigenvalue weighted by Gasteiger charge is 2.64. The van der Waals surface area contributed by atoms with Gasteiger partial charge in [-0.25, -0.2) is 14.4 Å². The molecule has 0 spiro atoms. The molecule has 0 aromatic heterocycles. The standard InChI is InChI=1S/C45H61ClN4O17S3/c1-24-11-10-12-32(51)45(59)23-30(64-42(58)47-45)25(2)39-44(6,66-39)33(22-37(55)49(8)28-20-27(19-24)21-29(63-9)38(28)46)65-40(56)26(3)48(7)34(52)15-17-43(4,5)69-68-18-16-31(70(60,61)62)41(57)67-50-35(53)13-14-36(50)54/h10-12,20-21,25-26,30-33,39,51,59H,13-19,22-23H2,1-9H3,(H,47,58)(H,60,61,62)/b12-10+,24-11+/t25?,26-,30?,31?,32?,33?,39+,44+,45?/m0/s1. The fraction of sp³-hybridized carbons (Fsp3) is 0.622. The Balaban J connectivity index is 1.28. The lowest BCUT2D eigenvalue weighted by Crippen LogP contribution is -2.63. The van der Waals surface area contributed by atoms with Crippen molar-refractivity contribution in [3.8, 4) is 5.75 Å². The normalized spacial score (nSPS) is 28.6. The van der Waals surface area contributed by atoms with Crippen molar-refractivity contribution in [2.75, 3.05) is 31.9 Å². The van der Waals surface area contributed by atoms with Gasteiger partial charge in [-0.15, -0.1) is 5.06 Å². The van der Waals surface area contributed by atoms with E-state index >= 15 is 0 Å². The van der Waals surface area contributed by atoms with Gasteiger partial charge >= 0.3 is 18.0 Å². The van der Waals surface area contributed by atoms with E-state index in [1.54, 1.807) is 38.1 Å². The number of likely N-dealkylation sites (N-methyl/N-ethyl adjacent to an activating group) is 1. The van der Waals surface area contributed by atoms with Gasteiger partial charge in [0.1, 0.15) is 40.7 Å². The van der Waals surface area contributed by atoms with Crippen LogP contribution in [0.15, 0.2) is 35.9 Å². The number of amides is 5. The van der Waals surface area contributed by atoms with E-state index in [9.17, 15) is 56.7 Å². The average Bonchev–Trinajstić information content (AvgIpc) is 3.88. The van der Waals surface area contributed by atoms with Crippen molar-refractivity contribution in [1.82, 2.24) is 15.3 Å². The molecule has 388 valence electrons. The number of rotatable bonds is 15. The second-order valence-electron chi connectivity index (χ2n) is 18.6. The summed E-state index contributed by atoms with van der Waals surface area (Å²) in [5, 5.41) is 23.2. The molecule has 1 aromatic carbocycles.